The third kappa shape index (κ3) is 7.83. The van der Waals surface area contributed by atoms with Gasteiger partial charge in [-0.15, -0.1) is 0 Å². The van der Waals surface area contributed by atoms with Crippen LogP contribution < -0.4 is 24.6 Å². The first-order valence-electron chi connectivity index (χ1n) is 15.9. The lowest BCUT2D eigenvalue weighted by Crippen LogP contribution is -2.38. The highest BCUT2D eigenvalue weighted by molar-refractivity contribution is 7.93. The van der Waals surface area contributed by atoms with Gasteiger partial charge in [-0.3, -0.25) is 9.52 Å². The van der Waals surface area contributed by atoms with Gasteiger partial charge in [-0.1, -0.05) is 6.42 Å². The topological polar surface area (TPSA) is 138 Å². The molecule has 0 aromatic heterocycles. The molecule has 2 fully saturated rings. The monoisotopic (exact) mass is 685 g/mol. The standard InChI is InChI=1S/C33H43N5O7S2/c1-4-36(5-2)31-15-11-26(23-32(31)46(40,41)35-25-9-12-27(44-3)13-10-25)34-33(39)29-24-28(47(42,43)38-17-7-6-8-18-38)14-16-30(29)37-19-21-45-22-20-37/h9-16,23-24,35H,4-8,17-22H2,1-3H3,(H,34,39). The summed E-state index contributed by atoms with van der Waals surface area (Å²) >= 11 is 0. The number of nitrogens with one attached hydrogen (secondary N) is 2. The Morgan fingerprint density at radius 1 is 0.851 bits per heavy atom. The molecule has 2 aliphatic rings. The Hall–Kier alpha value is -3.85. The van der Waals surface area contributed by atoms with Gasteiger partial charge in [0.05, 0.1) is 36.5 Å². The van der Waals surface area contributed by atoms with Crippen LogP contribution in [-0.4, -0.2) is 86.6 Å². The molecule has 0 unspecified atom stereocenters. The van der Waals surface area contributed by atoms with Crippen molar-refractivity contribution < 1.29 is 31.1 Å². The number of morpholine rings is 1. The molecule has 2 saturated heterocycles. The summed E-state index contributed by atoms with van der Waals surface area (Å²) in [5.41, 5.74) is 1.85. The lowest BCUT2D eigenvalue weighted by Gasteiger charge is -2.31. The van der Waals surface area contributed by atoms with Gasteiger partial charge in [0, 0.05) is 56.3 Å². The number of carbonyl (C=O) groups is 1. The molecular weight excluding hydrogens is 643 g/mol. The summed E-state index contributed by atoms with van der Waals surface area (Å²) in [6.07, 6.45) is 2.57. The second kappa shape index (κ2) is 14.9. The van der Waals surface area contributed by atoms with Crippen molar-refractivity contribution in [3.63, 3.8) is 0 Å². The summed E-state index contributed by atoms with van der Waals surface area (Å²) in [6.45, 7) is 7.91. The molecule has 12 nitrogen and oxygen atoms in total. The lowest BCUT2D eigenvalue weighted by molar-refractivity contribution is 0.102. The van der Waals surface area contributed by atoms with Crippen LogP contribution in [0.5, 0.6) is 5.75 Å². The minimum atomic E-state index is -4.11. The predicted octanol–water partition coefficient (Wildman–Crippen LogP) is 4.61. The summed E-state index contributed by atoms with van der Waals surface area (Å²) in [5, 5.41) is 2.86. The van der Waals surface area contributed by atoms with Crippen LogP contribution in [0.25, 0.3) is 0 Å². The van der Waals surface area contributed by atoms with Gasteiger partial charge in [0.1, 0.15) is 10.6 Å². The van der Waals surface area contributed by atoms with Crippen LogP contribution in [0.15, 0.2) is 70.5 Å². The van der Waals surface area contributed by atoms with Gasteiger partial charge < -0.3 is 24.6 Å². The summed E-state index contributed by atoms with van der Waals surface area (Å²) in [4.78, 5) is 18.0. The van der Waals surface area contributed by atoms with Crippen LogP contribution in [0.2, 0.25) is 0 Å². The van der Waals surface area contributed by atoms with Crippen molar-refractivity contribution in [2.75, 3.05) is 79.4 Å². The van der Waals surface area contributed by atoms with E-state index in [2.05, 4.69) is 10.0 Å². The molecule has 14 heteroatoms. The minimum absolute atomic E-state index is 0.00959. The predicted molar refractivity (Wildman–Crippen MR) is 184 cm³/mol. The van der Waals surface area contributed by atoms with E-state index < -0.39 is 26.0 Å². The SMILES string of the molecule is CCN(CC)c1ccc(NC(=O)c2cc(S(=O)(=O)N3CCCCC3)ccc2N2CCOCC2)cc1S(=O)(=O)Nc1ccc(OC)cc1. The van der Waals surface area contributed by atoms with Gasteiger partial charge in [-0.25, -0.2) is 16.8 Å². The molecule has 2 aliphatic heterocycles. The highest BCUT2D eigenvalue weighted by atomic mass is 32.2. The van der Waals surface area contributed by atoms with E-state index in [1.165, 1.54) is 23.5 Å². The first kappa shape index (κ1) is 34.5. The van der Waals surface area contributed by atoms with Crippen molar-refractivity contribution in [1.82, 2.24) is 4.31 Å². The Labute approximate surface area is 277 Å². The maximum Gasteiger partial charge on any atom is 0.264 e. The molecule has 0 aliphatic carbocycles. The Morgan fingerprint density at radius 3 is 2.15 bits per heavy atom. The Bertz CT molecular complexity index is 1770. The quantitative estimate of drug-likeness (QED) is 0.280. The number of hydrogen-bond acceptors (Lipinski definition) is 9. The van der Waals surface area contributed by atoms with E-state index >= 15 is 0 Å². The molecule has 3 aromatic carbocycles. The molecule has 0 spiro atoms. The zero-order chi connectivity index (χ0) is 33.6. The fourth-order valence-corrected chi connectivity index (χ4v) is 8.75. The number of rotatable bonds is 12. The minimum Gasteiger partial charge on any atom is -0.497 e. The molecular formula is C33H43N5O7S2. The number of hydrogen-bond donors (Lipinski definition) is 2. The molecule has 1 amide bonds. The molecule has 254 valence electrons. The maximum atomic E-state index is 14.0. The van der Waals surface area contributed by atoms with Gasteiger partial charge in [-0.2, -0.15) is 4.31 Å². The van der Waals surface area contributed by atoms with Crippen molar-refractivity contribution in [2.45, 2.75) is 42.9 Å². The Kier molecular flexibility index (Phi) is 11.0. The van der Waals surface area contributed by atoms with Crippen LogP contribution in [0.4, 0.5) is 22.7 Å². The second-order valence-corrected chi connectivity index (χ2v) is 15.0. The number of piperidine rings is 1. The number of anilines is 4. The highest BCUT2D eigenvalue weighted by Crippen LogP contribution is 2.33. The van der Waals surface area contributed by atoms with Crippen molar-refractivity contribution in [3.05, 3.63) is 66.2 Å². The molecule has 2 heterocycles. The van der Waals surface area contributed by atoms with Crippen molar-refractivity contribution in [1.29, 1.82) is 0 Å². The van der Waals surface area contributed by atoms with Crippen molar-refractivity contribution >= 4 is 48.7 Å². The largest absolute Gasteiger partial charge is 0.497 e. The summed E-state index contributed by atoms with van der Waals surface area (Å²) < 4.78 is 69.6. The van der Waals surface area contributed by atoms with Gasteiger partial charge in [0.15, 0.2) is 0 Å². The number of ether oxygens (including phenoxy) is 2. The van der Waals surface area contributed by atoms with Gasteiger partial charge in [0.2, 0.25) is 10.0 Å². The van der Waals surface area contributed by atoms with E-state index in [1.807, 2.05) is 23.6 Å². The lowest BCUT2D eigenvalue weighted by atomic mass is 10.1. The van der Waals surface area contributed by atoms with Gasteiger partial charge in [0.25, 0.3) is 15.9 Å². The fraction of sp³-hybridized carbons (Fsp3) is 0.424. The van der Waals surface area contributed by atoms with Gasteiger partial charge in [-0.05, 0) is 87.4 Å². The third-order valence-corrected chi connectivity index (χ3v) is 11.8. The molecule has 5 rings (SSSR count). The van der Waals surface area contributed by atoms with Crippen LogP contribution in [0.1, 0.15) is 43.5 Å². The number of carbonyl (C=O) groups excluding carboxylic acids is 1. The Balaban J connectivity index is 1.51. The van der Waals surface area contributed by atoms with Crippen LogP contribution in [0.3, 0.4) is 0 Å². The third-order valence-electron chi connectivity index (χ3n) is 8.47. The van der Waals surface area contributed by atoms with Crippen LogP contribution in [0, 0.1) is 0 Å². The summed E-state index contributed by atoms with van der Waals surface area (Å²) in [7, 11) is -6.39. The van der Waals surface area contributed by atoms with E-state index in [1.54, 1.807) is 48.5 Å². The van der Waals surface area contributed by atoms with E-state index in [-0.39, 0.29) is 21.0 Å². The molecule has 0 atom stereocenters. The number of nitrogens with zero attached hydrogens (tertiary/aromatic N) is 3. The summed E-state index contributed by atoms with van der Waals surface area (Å²) in [6, 6.07) is 15.9. The molecule has 0 saturated carbocycles. The zero-order valence-electron chi connectivity index (χ0n) is 27.1. The molecule has 2 N–H and O–H groups in total. The average Bonchev–Trinajstić information content (AvgIpc) is 3.10. The average molecular weight is 686 g/mol. The smallest absolute Gasteiger partial charge is 0.264 e. The zero-order valence-corrected chi connectivity index (χ0v) is 28.7. The second-order valence-electron chi connectivity index (χ2n) is 11.4. The van der Waals surface area contributed by atoms with Gasteiger partial charge >= 0.3 is 0 Å². The van der Waals surface area contributed by atoms with E-state index in [0.29, 0.717) is 75.3 Å². The summed E-state index contributed by atoms with van der Waals surface area (Å²) in [5.74, 6) is 0.0370. The van der Waals surface area contributed by atoms with E-state index in [0.717, 1.165) is 19.3 Å². The molecule has 3 aromatic rings. The number of methoxy groups -OCH3 is 1. The normalized spacial score (nSPS) is 16.0. The number of sulfonamides is 2. The Morgan fingerprint density at radius 2 is 1.51 bits per heavy atom. The molecule has 0 radical (unpaired) electrons. The number of amides is 1. The van der Waals surface area contributed by atoms with Crippen LogP contribution >= 0.6 is 0 Å². The van der Waals surface area contributed by atoms with E-state index in [9.17, 15) is 21.6 Å². The van der Waals surface area contributed by atoms with Crippen molar-refractivity contribution in [2.24, 2.45) is 0 Å². The maximum absolute atomic E-state index is 14.0. The number of benzene rings is 3. The molecule has 47 heavy (non-hydrogen) atoms. The first-order chi connectivity index (χ1) is 22.6. The van der Waals surface area contributed by atoms with Crippen molar-refractivity contribution in [3.8, 4) is 5.75 Å². The fourth-order valence-electron chi connectivity index (χ4n) is 5.89. The van der Waals surface area contributed by atoms with E-state index in [4.69, 9.17) is 9.47 Å². The van der Waals surface area contributed by atoms with Crippen LogP contribution in [-0.2, 0) is 24.8 Å². The first-order valence-corrected chi connectivity index (χ1v) is 18.8. The highest BCUT2D eigenvalue weighted by Gasteiger charge is 2.29. The molecule has 0 bridgehead atoms.